The van der Waals surface area contributed by atoms with E-state index >= 15 is 0 Å². The summed E-state index contributed by atoms with van der Waals surface area (Å²) in [5, 5.41) is 5.25. The van der Waals surface area contributed by atoms with Crippen LogP contribution in [0.15, 0.2) is 164 Å². The normalized spacial score (nSPS) is 14.6. The smallest absolute Gasteiger partial charge is 0.0468 e. The highest BCUT2D eigenvalue weighted by atomic mass is 15.1. The molecule has 8 aromatic rings. The van der Waals surface area contributed by atoms with Crippen molar-refractivity contribution in [2.45, 2.75) is 38.5 Å². The van der Waals surface area contributed by atoms with Crippen molar-refractivity contribution in [3.05, 3.63) is 186 Å². The third kappa shape index (κ3) is 4.28. The first-order valence-electron chi connectivity index (χ1n) is 18.1. The summed E-state index contributed by atoms with van der Waals surface area (Å²) in [4.78, 5) is 2.45. The quantitative estimate of drug-likeness (QED) is 0.171. The van der Waals surface area contributed by atoms with Gasteiger partial charge in [0.05, 0.1) is 0 Å². The summed E-state index contributed by atoms with van der Waals surface area (Å²) >= 11 is 0. The van der Waals surface area contributed by atoms with Crippen molar-refractivity contribution < 1.29 is 0 Å². The maximum Gasteiger partial charge on any atom is 0.0468 e. The van der Waals surface area contributed by atoms with Crippen LogP contribution in [0.5, 0.6) is 0 Å². The number of benzene rings is 8. The molecule has 1 nitrogen and oxygen atoms in total. The SMILES string of the molecule is CC1(C)c2ccccc2-c2ccc(N(c3ccc(-c4ccccc4)cc3)c3ccc4c5c(c6ccccc6c4c3)-c3ccccc3C5(C)C)cc21. The number of fused-ring (bicyclic) bond motifs is 11. The molecule has 8 aromatic carbocycles. The van der Waals surface area contributed by atoms with Crippen LogP contribution in [-0.2, 0) is 10.8 Å². The van der Waals surface area contributed by atoms with Gasteiger partial charge in [-0.25, -0.2) is 0 Å². The van der Waals surface area contributed by atoms with E-state index in [2.05, 4.69) is 196 Å². The van der Waals surface area contributed by atoms with Crippen LogP contribution in [0.25, 0.3) is 54.9 Å². The van der Waals surface area contributed by atoms with Crippen LogP contribution < -0.4 is 4.90 Å². The van der Waals surface area contributed by atoms with Gasteiger partial charge in [-0.05, 0) is 114 Å². The maximum absolute atomic E-state index is 2.45. The molecule has 0 atom stereocenters. The van der Waals surface area contributed by atoms with Crippen LogP contribution in [0, 0.1) is 0 Å². The molecule has 0 bridgehead atoms. The molecule has 1 heteroatoms. The largest absolute Gasteiger partial charge is 0.310 e. The highest BCUT2D eigenvalue weighted by Gasteiger charge is 2.39. The van der Waals surface area contributed by atoms with Crippen molar-refractivity contribution in [3.8, 4) is 33.4 Å². The van der Waals surface area contributed by atoms with Crippen molar-refractivity contribution in [1.82, 2.24) is 0 Å². The summed E-state index contributed by atoms with van der Waals surface area (Å²) in [5.41, 5.74) is 16.7. The molecule has 2 aliphatic carbocycles. The van der Waals surface area contributed by atoms with Crippen molar-refractivity contribution in [3.63, 3.8) is 0 Å². The third-order valence-electron chi connectivity index (χ3n) is 11.8. The second kappa shape index (κ2) is 10.8. The first-order valence-corrected chi connectivity index (χ1v) is 18.1. The van der Waals surface area contributed by atoms with Crippen LogP contribution in [0.3, 0.4) is 0 Å². The molecule has 0 spiro atoms. The van der Waals surface area contributed by atoms with Gasteiger partial charge in [-0.15, -0.1) is 0 Å². The van der Waals surface area contributed by atoms with Crippen molar-refractivity contribution in [1.29, 1.82) is 0 Å². The lowest BCUT2D eigenvalue weighted by Crippen LogP contribution is -2.17. The van der Waals surface area contributed by atoms with E-state index in [0.29, 0.717) is 0 Å². The number of anilines is 3. The summed E-state index contributed by atoms with van der Waals surface area (Å²) in [5.74, 6) is 0. The second-order valence-electron chi connectivity index (χ2n) is 15.3. The van der Waals surface area contributed by atoms with Gasteiger partial charge in [0.2, 0.25) is 0 Å². The average molecular weight is 654 g/mol. The molecule has 0 heterocycles. The Morgan fingerprint density at radius 1 is 0.353 bits per heavy atom. The fraction of sp³-hybridized carbons (Fsp3) is 0.120. The van der Waals surface area contributed by atoms with E-state index in [1.807, 2.05) is 0 Å². The highest BCUT2D eigenvalue weighted by molar-refractivity contribution is 6.19. The first kappa shape index (κ1) is 29.9. The van der Waals surface area contributed by atoms with Crippen LogP contribution in [0.2, 0.25) is 0 Å². The van der Waals surface area contributed by atoms with Crippen molar-refractivity contribution in [2.24, 2.45) is 0 Å². The Hall–Kier alpha value is -5.92. The summed E-state index contributed by atoms with van der Waals surface area (Å²) < 4.78 is 0. The van der Waals surface area contributed by atoms with Crippen LogP contribution in [0.4, 0.5) is 17.1 Å². The lowest BCUT2D eigenvalue weighted by Gasteiger charge is -2.29. The molecule has 0 unspecified atom stereocenters. The van der Waals surface area contributed by atoms with E-state index in [9.17, 15) is 0 Å². The monoisotopic (exact) mass is 653 g/mol. The molecule has 2 aliphatic rings. The molecule has 0 N–H and O–H groups in total. The predicted molar refractivity (Wildman–Crippen MR) is 217 cm³/mol. The Morgan fingerprint density at radius 2 is 0.902 bits per heavy atom. The van der Waals surface area contributed by atoms with Gasteiger partial charge in [-0.2, -0.15) is 0 Å². The van der Waals surface area contributed by atoms with E-state index in [-0.39, 0.29) is 10.8 Å². The standard InChI is InChI=1S/C50H39N/c1-49(2)44-20-12-10-17-38(44)39-28-26-36(31-46(39)49)51(34-24-22-33(23-25-34)32-14-6-5-7-15-32)35-27-29-41-43(30-35)37-16-8-9-18-40(37)47-42-19-11-13-21-45(42)50(3,4)48(41)47/h5-31H,1-4H3. The first-order chi connectivity index (χ1) is 24.8. The molecule has 244 valence electrons. The predicted octanol–water partition coefficient (Wildman–Crippen LogP) is 13.7. The van der Waals surface area contributed by atoms with E-state index in [1.54, 1.807) is 0 Å². The Kier molecular flexibility index (Phi) is 6.34. The fourth-order valence-electron chi connectivity index (χ4n) is 9.34. The van der Waals surface area contributed by atoms with Gasteiger partial charge in [0.25, 0.3) is 0 Å². The molecule has 0 saturated heterocycles. The van der Waals surface area contributed by atoms with E-state index in [0.717, 1.165) is 11.4 Å². The minimum atomic E-state index is -0.108. The molecule has 0 saturated carbocycles. The summed E-state index contributed by atoms with van der Waals surface area (Å²) in [6.07, 6.45) is 0. The minimum Gasteiger partial charge on any atom is -0.310 e. The lowest BCUT2D eigenvalue weighted by molar-refractivity contribution is 0.660. The highest BCUT2D eigenvalue weighted by Crippen LogP contribution is 2.55. The molecule has 0 radical (unpaired) electrons. The van der Waals surface area contributed by atoms with Gasteiger partial charge in [0.1, 0.15) is 0 Å². The molecular weight excluding hydrogens is 615 g/mol. The zero-order valence-electron chi connectivity index (χ0n) is 29.5. The van der Waals surface area contributed by atoms with E-state index in [4.69, 9.17) is 0 Å². The zero-order chi connectivity index (χ0) is 34.5. The van der Waals surface area contributed by atoms with Crippen molar-refractivity contribution >= 4 is 38.6 Å². The molecule has 0 fully saturated rings. The van der Waals surface area contributed by atoms with Crippen LogP contribution in [-0.4, -0.2) is 0 Å². The van der Waals surface area contributed by atoms with Crippen molar-refractivity contribution in [2.75, 3.05) is 4.90 Å². The van der Waals surface area contributed by atoms with E-state index in [1.165, 1.54) is 82.9 Å². The summed E-state index contributed by atoms with van der Waals surface area (Å²) in [6.45, 7) is 9.52. The topological polar surface area (TPSA) is 3.24 Å². The Morgan fingerprint density at radius 3 is 1.67 bits per heavy atom. The Balaban J connectivity index is 1.21. The molecule has 0 aromatic heterocycles. The maximum atomic E-state index is 2.45. The molecule has 51 heavy (non-hydrogen) atoms. The van der Waals surface area contributed by atoms with Gasteiger partial charge in [-0.1, -0.05) is 155 Å². The molecule has 0 aliphatic heterocycles. The van der Waals surface area contributed by atoms with Gasteiger partial charge in [-0.3, -0.25) is 0 Å². The third-order valence-corrected chi connectivity index (χ3v) is 11.8. The van der Waals surface area contributed by atoms with Gasteiger partial charge >= 0.3 is 0 Å². The molecular formula is C50H39N. The zero-order valence-corrected chi connectivity index (χ0v) is 29.5. The minimum absolute atomic E-state index is 0.0918. The summed E-state index contributed by atoms with van der Waals surface area (Å²) in [6, 6.07) is 60.9. The number of rotatable bonds is 4. The number of nitrogens with zero attached hydrogens (tertiary/aromatic N) is 1. The van der Waals surface area contributed by atoms with Gasteiger partial charge < -0.3 is 4.90 Å². The van der Waals surface area contributed by atoms with Crippen LogP contribution in [0.1, 0.15) is 49.9 Å². The van der Waals surface area contributed by atoms with Crippen LogP contribution >= 0.6 is 0 Å². The summed E-state index contributed by atoms with van der Waals surface area (Å²) in [7, 11) is 0. The molecule has 0 amide bonds. The van der Waals surface area contributed by atoms with Gasteiger partial charge in [0, 0.05) is 27.9 Å². The Labute approximate surface area is 300 Å². The van der Waals surface area contributed by atoms with E-state index < -0.39 is 0 Å². The second-order valence-corrected chi connectivity index (χ2v) is 15.3. The Bertz CT molecular complexity index is 2680. The lowest BCUT2D eigenvalue weighted by atomic mass is 9.79. The van der Waals surface area contributed by atoms with Gasteiger partial charge in [0.15, 0.2) is 0 Å². The number of hydrogen-bond acceptors (Lipinski definition) is 1. The fourth-order valence-corrected chi connectivity index (χ4v) is 9.34. The average Bonchev–Trinajstić information content (AvgIpc) is 3.55. The number of hydrogen-bond donors (Lipinski definition) is 0. The molecule has 10 rings (SSSR count).